The number of rotatable bonds is 80. The lowest BCUT2D eigenvalue weighted by molar-refractivity contribution is -0.385. The van der Waals surface area contributed by atoms with Gasteiger partial charge in [0.1, 0.15) is 57.3 Å². The Labute approximate surface area is 775 Å². The van der Waals surface area contributed by atoms with E-state index in [1.807, 2.05) is 0 Å². The molecule has 0 fully saturated rings. The molecule has 0 aromatic heterocycles. The number of carbonyl (C=O) groups is 5. The largest absolute Gasteiger partial charge is 0.496 e. The molecule has 4 amide bonds. The van der Waals surface area contributed by atoms with Gasteiger partial charge in [0, 0.05) is 36.4 Å². The fourth-order valence-electron chi connectivity index (χ4n) is 16.5. The fraction of sp³-hybridized carbons (Fsp3) is 0.670. The van der Waals surface area contributed by atoms with Crippen molar-refractivity contribution in [3.8, 4) is 57.5 Å². The van der Waals surface area contributed by atoms with Crippen molar-refractivity contribution in [1.82, 2.24) is 0 Å². The molecular weight excluding hydrogens is 1630 g/mol. The first kappa shape index (κ1) is 110. The topological polar surface area (TPSA) is 278 Å². The first-order valence-corrected chi connectivity index (χ1v) is 50.2. The molecule has 5 aromatic carbocycles. The third kappa shape index (κ3) is 43.6. The van der Waals surface area contributed by atoms with Gasteiger partial charge in [0.2, 0.25) is 5.75 Å². The highest BCUT2D eigenvalue weighted by atomic mass is 16.6. The second-order valence-electron chi connectivity index (χ2n) is 34.8. The number of methoxy groups -OCH3 is 7. The molecule has 0 unspecified atom stereocenters. The third-order valence-corrected chi connectivity index (χ3v) is 24.3. The van der Waals surface area contributed by atoms with Crippen LogP contribution in [0.4, 0.5) is 28.4 Å². The Hall–Kier alpha value is -9.15. The molecule has 0 aliphatic heterocycles. The molecule has 724 valence electrons. The van der Waals surface area contributed by atoms with Crippen LogP contribution < -0.4 is 68.6 Å². The summed E-state index contributed by atoms with van der Waals surface area (Å²) >= 11 is 0. The molecule has 0 heterocycles. The number of ether oxygens (including phenoxy) is 11. The van der Waals surface area contributed by atoms with Crippen molar-refractivity contribution in [3.05, 3.63) is 98.6 Å². The van der Waals surface area contributed by atoms with Crippen LogP contribution in [0.25, 0.3) is 0 Å². The molecular formula is C106H167N5O18. The Balaban J connectivity index is 1.56. The van der Waals surface area contributed by atoms with Gasteiger partial charge in [0.25, 0.3) is 23.6 Å². The minimum Gasteiger partial charge on any atom is -0.496 e. The first-order valence-electron chi connectivity index (χ1n) is 50.2. The molecule has 0 saturated carbocycles. The zero-order valence-electron chi connectivity index (χ0n) is 81.5. The lowest BCUT2D eigenvalue weighted by atomic mass is 10.0. The van der Waals surface area contributed by atoms with E-state index >= 15 is 14.4 Å². The average Bonchev–Trinajstić information content (AvgIpc) is 0.779. The maximum absolute atomic E-state index is 15.6. The molecule has 0 aliphatic carbocycles. The summed E-state index contributed by atoms with van der Waals surface area (Å²) in [6, 6.07) is 14.3. The SMILES string of the molecule is CCCCCCCCCCCCCCCCOc1cc(OCCCCCCCCCCCCCCCC)c(C(=O)Nc2cc(C(=O)OC)c(OC)cc2OC)cc1NC(=O)c1cc(NC(=O)c2cc(NC(=O)c3cc([N+](=O)[O-])c(OC)cc3OC)c(OCCCCCCCCCCCCCCCC)cc2OCCCCCCCCCCCCCCCC)c(OC)cc1OC. The summed E-state index contributed by atoms with van der Waals surface area (Å²) in [5.74, 6) is -2.54. The maximum Gasteiger partial charge on any atom is 0.341 e. The third-order valence-electron chi connectivity index (χ3n) is 24.3. The van der Waals surface area contributed by atoms with Gasteiger partial charge in [-0.2, -0.15) is 0 Å². The number of esters is 1. The minimum atomic E-state index is -0.806. The standard InChI is InChI=1S/C106H167N5O18/c1-12-16-20-24-28-32-36-40-44-48-52-56-60-64-68-126-95-81-100(129-71-67-63-59-55-51-47-43-39-35-31-27-23-19-15-4)90(110-105(115)85-76-91(111(117)118)101(124-10)79-93(85)120-6)74-83(95)103(113)107-87-72-82(92(119-5)77-97(87)122-8)102(112)109-89-73-84(104(114)108-88-75-86(106(116)125-11)94(121-7)78-98(88)123-9)96(127-69-65-61-57-53-49-45-41-37-33-29-25-21-17-13-2)80-99(89)128-70-66-62-58-54-50-46-42-38-34-30-26-22-18-14-3/h72-81H,12-71H2,1-11H3,(H,107,113)(H,108,114)(H,109,112)(H,110,115). The molecule has 4 N–H and O–H groups in total. The van der Waals surface area contributed by atoms with Crippen molar-refractivity contribution < 1.29 is 81.0 Å². The van der Waals surface area contributed by atoms with Crippen LogP contribution in [0, 0.1) is 10.1 Å². The number of carbonyl (C=O) groups excluding carboxylic acids is 5. The zero-order chi connectivity index (χ0) is 93.1. The molecule has 0 radical (unpaired) electrons. The van der Waals surface area contributed by atoms with E-state index in [1.54, 1.807) is 12.1 Å². The molecule has 23 nitrogen and oxygen atoms in total. The van der Waals surface area contributed by atoms with Crippen molar-refractivity contribution in [2.24, 2.45) is 0 Å². The summed E-state index contributed by atoms with van der Waals surface area (Å²) in [5, 5.41) is 24.4. The van der Waals surface area contributed by atoms with Crippen LogP contribution in [0.5, 0.6) is 57.5 Å². The summed E-state index contributed by atoms with van der Waals surface area (Å²) in [6.45, 7) is 10.0. The van der Waals surface area contributed by atoms with Crippen molar-refractivity contribution in [2.45, 2.75) is 387 Å². The molecule has 5 rings (SSSR count). The molecule has 23 heteroatoms. The predicted molar refractivity (Wildman–Crippen MR) is 525 cm³/mol. The van der Waals surface area contributed by atoms with Crippen LogP contribution in [0.3, 0.4) is 0 Å². The number of benzene rings is 5. The van der Waals surface area contributed by atoms with Crippen molar-refractivity contribution >= 4 is 58.0 Å². The highest BCUT2D eigenvalue weighted by molar-refractivity contribution is 6.14. The van der Waals surface area contributed by atoms with Crippen LogP contribution in [-0.4, -0.2) is 111 Å². The number of unbranched alkanes of at least 4 members (excludes halogenated alkanes) is 52. The molecule has 0 aliphatic rings. The fourth-order valence-corrected chi connectivity index (χ4v) is 16.5. The van der Waals surface area contributed by atoms with Gasteiger partial charge in [0.15, 0.2) is 0 Å². The Morgan fingerprint density at radius 2 is 0.419 bits per heavy atom. The van der Waals surface area contributed by atoms with Crippen LogP contribution in [-0.2, 0) is 4.74 Å². The van der Waals surface area contributed by atoms with E-state index in [-0.39, 0.29) is 134 Å². The second-order valence-corrected chi connectivity index (χ2v) is 34.8. The quantitative estimate of drug-likeness (QED) is 0.0122. The normalized spacial score (nSPS) is 11.1. The highest BCUT2D eigenvalue weighted by Crippen LogP contribution is 2.43. The number of hydrogen-bond donors (Lipinski definition) is 4. The van der Waals surface area contributed by atoms with Crippen LogP contribution in [0.1, 0.15) is 439 Å². The molecule has 0 bridgehead atoms. The predicted octanol–water partition coefficient (Wildman–Crippen LogP) is 29.9. The summed E-state index contributed by atoms with van der Waals surface area (Å²) < 4.78 is 65.9. The van der Waals surface area contributed by atoms with E-state index in [0.29, 0.717) is 25.7 Å². The lowest BCUT2D eigenvalue weighted by Crippen LogP contribution is -2.20. The Bertz CT molecular complexity index is 3960. The lowest BCUT2D eigenvalue weighted by Gasteiger charge is -2.20. The van der Waals surface area contributed by atoms with E-state index in [9.17, 15) is 19.7 Å². The monoisotopic (exact) mass is 1800 g/mol. The highest BCUT2D eigenvalue weighted by Gasteiger charge is 2.30. The van der Waals surface area contributed by atoms with E-state index in [1.165, 1.54) is 336 Å². The van der Waals surface area contributed by atoms with Crippen LogP contribution in [0.2, 0.25) is 0 Å². The molecule has 129 heavy (non-hydrogen) atoms. The van der Waals surface area contributed by atoms with Gasteiger partial charge in [-0.3, -0.25) is 29.3 Å². The summed E-state index contributed by atoms with van der Waals surface area (Å²) in [5.41, 5.74) is -0.407. The Morgan fingerprint density at radius 1 is 0.233 bits per heavy atom. The molecule has 0 spiro atoms. The molecule has 5 aromatic rings. The zero-order valence-corrected chi connectivity index (χ0v) is 81.5. The van der Waals surface area contributed by atoms with Gasteiger partial charge < -0.3 is 73.4 Å². The minimum absolute atomic E-state index is 0.00799. The van der Waals surface area contributed by atoms with Gasteiger partial charge in [-0.15, -0.1) is 0 Å². The second kappa shape index (κ2) is 69.7. The number of anilines is 4. The van der Waals surface area contributed by atoms with Crippen molar-refractivity contribution in [3.63, 3.8) is 0 Å². The molecule has 0 atom stereocenters. The van der Waals surface area contributed by atoms with Gasteiger partial charge in [-0.05, 0) is 49.9 Å². The smallest absolute Gasteiger partial charge is 0.341 e. The summed E-state index contributed by atoms with van der Waals surface area (Å²) in [4.78, 5) is 86.2. The molecule has 0 saturated heterocycles. The van der Waals surface area contributed by atoms with E-state index in [4.69, 9.17) is 52.1 Å². The number of amides is 4. The number of nitro groups is 1. The number of nitrogens with zero attached hydrogens (tertiary/aromatic N) is 1. The summed E-state index contributed by atoms with van der Waals surface area (Å²) in [7, 11) is 9.53. The summed E-state index contributed by atoms with van der Waals surface area (Å²) in [6.07, 6.45) is 65.7. The van der Waals surface area contributed by atoms with Crippen LogP contribution >= 0.6 is 0 Å². The van der Waals surface area contributed by atoms with Gasteiger partial charge in [-0.1, -0.05) is 362 Å². The van der Waals surface area contributed by atoms with E-state index in [2.05, 4.69) is 49.0 Å². The van der Waals surface area contributed by atoms with E-state index in [0.717, 1.165) is 96.0 Å². The Morgan fingerprint density at radius 3 is 0.651 bits per heavy atom. The van der Waals surface area contributed by atoms with Gasteiger partial charge in [-0.25, -0.2) is 4.79 Å². The van der Waals surface area contributed by atoms with Crippen molar-refractivity contribution in [2.75, 3.05) is 97.5 Å². The number of nitro benzene ring substituents is 1. The van der Waals surface area contributed by atoms with E-state index < -0.39 is 40.2 Å². The Kier molecular flexibility index (Phi) is 59.7. The van der Waals surface area contributed by atoms with Gasteiger partial charge in [0.05, 0.1) is 126 Å². The van der Waals surface area contributed by atoms with Gasteiger partial charge >= 0.3 is 11.7 Å². The first-order chi connectivity index (χ1) is 63.1. The van der Waals surface area contributed by atoms with Crippen LogP contribution in [0.15, 0.2) is 60.7 Å². The maximum atomic E-state index is 15.6. The number of hydrogen-bond acceptors (Lipinski definition) is 18. The van der Waals surface area contributed by atoms with Crippen molar-refractivity contribution in [1.29, 1.82) is 0 Å². The number of nitrogens with one attached hydrogen (secondary N) is 4. The average molecular weight is 1800 g/mol.